The molecule has 8 heteroatoms. The van der Waals surface area contributed by atoms with Crippen molar-refractivity contribution in [2.24, 2.45) is 0 Å². The molecule has 1 saturated heterocycles. The smallest absolute Gasteiger partial charge is 0.300 e. The Morgan fingerprint density at radius 2 is 1.71 bits per heavy atom. The number of aromatic nitrogens is 1. The minimum Gasteiger partial charge on any atom is -0.459 e. The van der Waals surface area contributed by atoms with E-state index in [2.05, 4.69) is 0 Å². The van der Waals surface area contributed by atoms with Crippen LogP contribution >= 0.6 is 0 Å². The van der Waals surface area contributed by atoms with Crippen LogP contribution in [0, 0.1) is 0 Å². The van der Waals surface area contributed by atoms with Crippen molar-refractivity contribution in [2.45, 2.75) is 30.1 Å². The lowest BCUT2D eigenvalue weighted by Crippen LogP contribution is -2.72. The third-order valence-corrected chi connectivity index (χ3v) is 5.02. The first-order valence-electron chi connectivity index (χ1n) is 8.75. The van der Waals surface area contributed by atoms with E-state index in [4.69, 9.17) is 9.47 Å². The van der Waals surface area contributed by atoms with Crippen LogP contribution in [-0.2, 0) is 10.5 Å². The second-order valence-electron chi connectivity index (χ2n) is 6.73. The third-order valence-electron chi connectivity index (χ3n) is 5.02. The molecule has 5 atom stereocenters. The molecule has 4 rings (SSSR count). The van der Waals surface area contributed by atoms with E-state index in [1.807, 2.05) is 0 Å². The molecule has 3 aromatic rings. The van der Waals surface area contributed by atoms with E-state index in [9.17, 15) is 20.4 Å². The highest BCUT2D eigenvalue weighted by atomic mass is 19.2. The van der Waals surface area contributed by atoms with E-state index >= 15 is 4.39 Å². The van der Waals surface area contributed by atoms with Crippen LogP contribution < -0.4 is 4.74 Å². The fraction of sp³-hybridized carbons (Fsp3) is 0.300. The van der Waals surface area contributed by atoms with Gasteiger partial charge in [-0.2, -0.15) is 0 Å². The quantitative estimate of drug-likeness (QED) is 0.533. The molecule has 7 nitrogen and oxygen atoms in total. The number of rotatable bonds is 4. The van der Waals surface area contributed by atoms with Gasteiger partial charge in [0, 0.05) is 6.20 Å². The van der Waals surface area contributed by atoms with Crippen LogP contribution in [0.2, 0.25) is 0 Å². The zero-order valence-electron chi connectivity index (χ0n) is 14.7. The first-order valence-corrected chi connectivity index (χ1v) is 8.75. The van der Waals surface area contributed by atoms with Crippen molar-refractivity contribution in [3.05, 3.63) is 66.9 Å². The first kappa shape index (κ1) is 18.9. The van der Waals surface area contributed by atoms with Gasteiger partial charge < -0.3 is 34.5 Å². The van der Waals surface area contributed by atoms with Crippen molar-refractivity contribution in [3.63, 3.8) is 0 Å². The van der Waals surface area contributed by atoms with Gasteiger partial charge in [-0.15, -0.1) is 0 Å². The van der Waals surface area contributed by atoms with Crippen molar-refractivity contribution in [2.75, 3.05) is 6.61 Å². The second kappa shape index (κ2) is 6.84. The summed E-state index contributed by atoms with van der Waals surface area (Å²) in [6.07, 6.45) is -4.41. The molecule has 1 aromatic heterocycles. The van der Waals surface area contributed by atoms with Crippen molar-refractivity contribution in [3.8, 4) is 5.75 Å². The highest BCUT2D eigenvalue weighted by Crippen LogP contribution is 2.42. The summed E-state index contributed by atoms with van der Waals surface area (Å²) in [5, 5.41) is 42.8. The van der Waals surface area contributed by atoms with Gasteiger partial charge >= 0.3 is 5.85 Å². The number of nitrogens with zero attached hydrogens (tertiary/aromatic N) is 1. The Balaban J connectivity index is 1.75. The van der Waals surface area contributed by atoms with E-state index in [-0.39, 0.29) is 5.75 Å². The number of para-hydroxylation sites is 2. The van der Waals surface area contributed by atoms with E-state index in [1.54, 1.807) is 48.5 Å². The van der Waals surface area contributed by atoms with Crippen LogP contribution in [0.5, 0.6) is 5.75 Å². The predicted octanol–water partition coefficient (Wildman–Crippen LogP) is 1.10. The molecule has 1 aliphatic heterocycles. The van der Waals surface area contributed by atoms with Crippen LogP contribution in [0.15, 0.2) is 66.9 Å². The van der Waals surface area contributed by atoms with E-state index in [0.717, 1.165) is 0 Å². The maximum atomic E-state index is 15.2. The van der Waals surface area contributed by atoms with Crippen LogP contribution in [-0.4, -0.2) is 56.0 Å². The van der Waals surface area contributed by atoms with Gasteiger partial charge in [0.2, 0.25) is 5.72 Å². The molecular weight excluding hydrogens is 369 g/mol. The number of benzene rings is 2. The predicted molar refractivity (Wildman–Crippen MR) is 97.0 cm³/mol. The van der Waals surface area contributed by atoms with Gasteiger partial charge in [0.15, 0.2) is 6.10 Å². The second-order valence-corrected chi connectivity index (χ2v) is 6.73. The Morgan fingerprint density at radius 3 is 2.43 bits per heavy atom. The molecular formula is C20H20FNO6. The van der Waals surface area contributed by atoms with Crippen LogP contribution in [0.3, 0.4) is 0 Å². The highest BCUT2D eigenvalue weighted by molar-refractivity contribution is 5.80. The van der Waals surface area contributed by atoms with Gasteiger partial charge in [-0.1, -0.05) is 36.4 Å². The average molecular weight is 389 g/mol. The number of ether oxygens (including phenoxy) is 2. The van der Waals surface area contributed by atoms with Gasteiger partial charge in [0.25, 0.3) is 6.29 Å². The van der Waals surface area contributed by atoms with E-state index in [0.29, 0.717) is 10.9 Å². The summed E-state index contributed by atoms with van der Waals surface area (Å²) in [7, 11) is 0. The Bertz CT molecular complexity index is 961. The Morgan fingerprint density at radius 1 is 1.04 bits per heavy atom. The Kier molecular flexibility index (Phi) is 4.60. The molecule has 1 fully saturated rings. The van der Waals surface area contributed by atoms with Crippen molar-refractivity contribution in [1.29, 1.82) is 0 Å². The minimum atomic E-state index is -3.47. The summed E-state index contributed by atoms with van der Waals surface area (Å²) >= 11 is 0. The Labute approximate surface area is 159 Å². The zero-order chi connectivity index (χ0) is 19.9. The summed E-state index contributed by atoms with van der Waals surface area (Å²) < 4.78 is 27.1. The molecule has 148 valence electrons. The van der Waals surface area contributed by atoms with Crippen LogP contribution in [0.25, 0.3) is 10.9 Å². The largest absolute Gasteiger partial charge is 0.459 e. The molecule has 2 aromatic carbocycles. The summed E-state index contributed by atoms with van der Waals surface area (Å²) in [5.74, 6) is -3.29. The number of aliphatic hydroxyl groups is 4. The molecule has 0 unspecified atom stereocenters. The van der Waals surface area contributed by atoms with Gasteiger partial charge in [0.1, 0.15) is 11.9 Å². The maximum absolute atomic E-state index is 15.2. The number of halogens is 1. The van der Waals surface area contributed by atoms with Gasteiger partial charge in [-0.25, -0.2) is 4.39 Å². The van der Waals surface area contributed by atoms with Gasteiger partial charge in [-0.05, 0) is 29.7 Å². The van der Waals surface area contributed by atoms with Gasteiger partial charge in [-0.3, -0.25) is 0 Å². The number of fused-ring (bicyclic) bond motifs is 1. The fourth-order valence-electron chi connectivity index (χ4n) is 3.54. The summed E-state index contributed by atoms with van der Waals surface area (Å²) in [6, 6.07) is 16.6. The lowest BCUT2D eigenvalue weighted by molar-refractivity contribution is -0.406. The maximum Gasteiger partial charge on any atom is 0.300 e. The summed E-state index contributed by atoms with van der Waals surface area (Å²) in [6.45, 7) is -0.759. The SMILES string of the molecule is OC[C@H]1O[C@H](Oc2ccccc2)[C@](O)(F)[C@@H](O)[C@@]1(O)n1ccc2ccccc21. The molecule has 28 heavy (non-hydrogen) atoms. The van der Waals surface area contributed by atoms with Crippen molar-refractivity contribution < 1.29 is 34.3 Å². The zero-order valence-corrected chi connectivity index (χ0v) is 14.7. The van der Waals surface area contributed by atoms with Crippen LogP contribution in [0.1, 0.15) is 0 Å². The highest BCUT2D eigenvalue weighted by Gasteiger charge is 2.66. The molecule has 4 N–H and O–H groups in total. The molecule has 2 heterocycles. The fourth-order valence-corrected chi connectivity index (χ4v) is 3.54. The Hall–Kier alpha value is -2.49. The third kappa shape index (κ3) is 2.78. The average Bonchev–Trinajstić information content (AvgIpc) is 3.14. The topological polar surface area (TPSA) is 104 Å². The minimum absolute atomic E-state index is 0.185. The number of hydrogen-bond acceptors (Lipinski definition) is 6. The molecule has 0 aliphatic carbocycles. The van der Waals surface area contributed by atoms with Gasteiger partial charge in [0.05, 0.1) is 12.1 Å². The van der Waals surface area contributed by atoms with Crippen molar-refractivity contribution >= 4 is 10.9 Å². The summed E-state index contributed by atoms with van der Waals surface area (Å²) in [5.41, 5.74) is -2.03. The molecule has 0 saturated carbocycles. The lowest BCUT2D eigenvalue weighted by atomic mass is 9.89. The molecule has 0 spiro atoms. The standard InChI is InChI=1S/C20H20FNO6/c21-19(25)17(24)20(26,22-11-10-13-6-4-5-9-15(13)22)16(12-23)28-18(19)27-14-7-2-1-3-8-14/h1-11,16-18,23-26H,12H2/t16-,17-,18+,19+,20-/m1/s1. The molecule has 0 amide bonds. The van der Waals surface area contributed by atoms with Crippen LogP contribution in [0.4, 0.5) is 4.39 Å². The molecule has 0 radical (unpaired) electrons. The van der Waals surface area contributed by atoms with E-state index < -0.39 is 36.7 Å². The number of aliphatic hydroxyl groups excluding tert-OH is 2. The van der Waals surface area contributed by atoms with Crippen molar-refractivity contribution in [1.82, 2.24) is 4.57 Å². The summed E-state index contributed by atoms with van der Waals surface area (Å²) in [4.78, 5) is 0. The molecule has 1 aliphatic rings. The lowest BCUT2D eigenvalue weighted by Gasteiger charge is -2.50. The molecule has 0 bridgehead atoms. The first-order chi connectivity index (χ1) is 13.4. The van der Waals surface area contributed by atoms with E-state index in [1.165, 1.54) is 22.9 Å². The number of alkyl halides is 1. The number of hydrogen-bond donors (Lipinski definition) is 4. The normalized spacial score (nSPS) is 33.1. The monoisotopic (exact) mass is 389 g/mol.